The Bertz CT molecular complexity index is 831. The SMILES string of the molecule is N#Cc1cccc2c1C(=O)N(c1cccc(CN3CCCC3)c1)C2. The highest BCUT2D eigenvalue weighted by Crippen LogP contribution is 2.31. The Morgan fingerprint density at radius 2 is 1.88 bits per heavy atom. The predicted molar refractivity (Wildman–Crippen MR) is 92.6 cm³/mol. The molecule has 0 unspecified atom stereocenters. The third-order valence-corrected chi connectivity index (χ3v) is 4.89. The first-order chi connectivity index (χ1) is 11.8. The Balaban J connectivity index is 1.61. The number of fused-ring (bicyclic) bond motifs is 1. The van der Waals surface area contributed by atoms with Gasteiger partial charge in [0.1, 0.15) is 0 Å². The van der Waals surface area contributed by atoms with Crippen molar-refractivity contribution in [1.29, 1.82) is 5.26 Å². The van der Waals surface area contributed by atoms with E-state index >= 15 is 0 Å². The second kappa shape index (κ2) is 6.10. The number of carbonyl (C=O) groups is 1. The minimum Gasteiger partial charge on any atom is -0.304 e. The van der Waals surface area contributed by atoms with E-state index in [1.54, 1.807) is 11.0 Å². The topological polar surface area (TPSA) is 47.3 Å². The van der Waals surface area contributed by atoms with Crippen LogP contribution < -0.4 is 4.90 Å². The lowest BCUT2D eigenvalue weighted by Gasteiger charge is -2.19. The van der Waals surface area contributed by atoms with Crippen molar-refractivity contribution < 1.29 is 4.79 Å². The molecule has 2 aromatic rings. The molecule has 0 saturated carbocycles. The zero-order chi connectivity index (χ0) is 16.5. The van der Waals surface area contributed by atoms with Gasteiger partial charge in [-0.05, 0) is 55.3 Å². The van der Waals surface area contributed by atoms with Crippen LogP contribution in [-0.4, -0.2) is 23.9 Å². The summed E-state index contributed by atoms with van der Waals surface area (Å²) < 4.78 is 0. The molecule has 1 saturated heterocycles. The van der Waals surface area contributed by atoms with Crippen molar-refractivity contribution >= 4 is 11.6 Å². The van der Waals surface area contributed by atoms with Crippen LogP contribution in [0.4, 0.5) is 5.69 Å². The highest BCUT2D eigenvalue weighted by molar-refractivity contribution is 6.11. The van der Waals surface area contributed by atoms with Crippen molar-refractivity contribution in [2.75, 3.05) is 18.0 Å². The van der Waals surface area contributed by atoms with Crippen LogP contribution in [-0.2, 0) is 13.1 Å². The molecule has 1 fully saturated rings. The first kappa shape index (κ1) is 14.9. The van der Waals surface area contributed by atoms with Gasteiger partial charge in [0.15, 0.2) is 0 Å². The van der Waals surface area contributed by atoms with Crippen molar-refractivity contribution in [3.8, 4) is 6.07 Å². The summed E-state index contributed by atoms with van der Waals surface area (Å²) >= 11 is 0. The number of nitrogens with zero attached hydrogens (tertiary/aromatic N) is 3. The molecule has 4 nitrogen and oxygen atoms in total. The maximum atomic E-state index is 12.8. The molecule has 0 spiro atoms. The van der Waals surface area contributed by atoms with Crippen molar-refractivity contribution in [2.45, 2.75) is 25.9 Å². The zero-order valence-electron chi connectivity index (χ0n) is 13.5. The summed E-state index contributed by atoms with van der Waals surface area (Å²) in [5, 5.41) is 9.25. The Morgan fingerprint density at radius 3 is 2.67 bits per heavy atom. The second-order valence-electron chi connectivity index (χ2n) is 6.50. The van der Waals surface area contributed by atoms with Crippen LogP contribution in [0.5, 0.6) is 0 Å². The number of hydrogen-bond donors (Lipinski definition) is 0. The van der Waals surface area contributed by atoms with Crippen molar-refractivity contribution in [1.82, 2.24) is 4.90 Å². The Morgan fingerprint density at radius 1 is 1.08 bits per heavy atom. The summed E-state index contributed by atoms with van der Waals surface area (Å²) in [5.41, 5.74) is 4.11. The lowest BCUT2D eigenvalue weighted by molar-refractivity contribution is 0.0996. The molecule has 4 heteroatoms. The van der Waals surface area contributed by atoms with Gasteiger partial charge in [0.05, 0.1) is 23.7 Å². The standard InChI is InChI=1S/C20H19N3O/c21-12-16-6-4-7-17-14-23(20(24)19(16)17)18-8-3-5-15(11-18)13-22-9-1-2-10-22/h3-8,11H,1-2,9-10,13-14H2. The van der Waals surface area contributed by atoms with Crippen LogP contribution in [0.2, 0.25) is 0 Å². The number of amides is 1. The number of nitriles is 1. The molecule has 0 aliphatic carbocycles. The van der Waals surface area contributed by atoms with Gasteiger partial charge in [0.2, 0.25) is 0 Å². The molecule has 2 heterocycles. The first-order valence-corrected chi connectivity index (χ1v) is 8.41. The van der Waals surface area contributed by atoms with Crippen molar-refractivity contribution in [2.24, 2.45) is 0 Å². The smallest absolute Gasteiger partial charge is 0.260 e. The molecule has 0 radical (unpaired) electrons. The molecule has 0 N–H and O–H groups in total. The summed E-state index contributed by atoms with van der Waals surface area (Å²) in [5.74, 6) is -0.0690. The van der Waals surface area contributed by atoms with Crippen molar-refractivity contribution in [3.63, 3.8) is 0 Å². The normalized spacial score (nSPS) is 17.1. The number of rotatable bonds is 3. The van der Waals surface area contributed by atoms with E-state index in [0.717, 1.165) is 30.9 Å². The summed E-state index contributed by atoms with van der Waals surface area (Å²) in [4.78, 5) is 17.0. The first-order valence-electron chi connectivity index (χ1n) is 8.41. The quantitative estimate of drug-likeness (QED) is 0.872. The van der Waals surface area contributed by atoms with Gasteiger partial charge in [0, 0.05) is 12.2 Å². The molecule has 0 bridgehead atoms. The van der Waals surface area contributed by atoms with Gasteiger partial charge in [-0.2, -0.15) is 5.26 Å². The molecular formula is C20H19N3O. The van der Waals surface area contributed by atoms with Crippen LogP contribution in [0.15, 0.2) is 42.5 Å². The number of likely N-dealkylation sites (tertiary alicyclic amines) is 1. The fraction of sp³-hybridized carbons (Fsp3) is 0.300. The molecule has 2 aliphatic heterocycles. The van der Waals surface area contributed by atoms with E-state index in [2.05, 4.69) is 23.1 Å². The Kier molecular flexibility index (Phi) is 3.79. The van der Waals surface area contributed by atoms with Gasteiger partial charge in [-0.25, -0.2) is 0 Å². The zero-order valence-corrected chi connectivity index (χ0v) is 13.5. The molecule has 2 aliphatic rings. The predicted octanol–water partition coefficient (Wildman–Crippen LogP) is 3.31. The second-order valence-corrected chi connectivity index (χ2v) is 6.50. The molecule has 24 heavy (non-hydrogen) atoms. The third-order valence-electron chi connectivity index (χ3n) is 4.89. The van der Waals surface area contributed by atoms with E-state index in [1.807, 2.05) is 24.3 Å². The number of hydrogen-bond acceptors (Lipinski definition) is 3. The summed E-state index contributed by atoms with van der Waals surface area (Å²) in [7, 11) is 0. The van der Waals surface area contributed by atoms with E-state index in [-0.39, 0.29) is 5.91 Å². The summed E-state index contributed by atoms with van der Waals surface area (Å²) in [6.45, 7) is 3.79. The van der Waals surface area contributed by atoms with E-state index in [4.69, 9.17) is 0 Å². The molecule has 0 aromatic heterocycles. The number of anilines is 1. The van der Waals surface area contributed by atoms with Gasteiger partial charge >= 0.3 is 0 Å². The lowest BCUT2D eigenvalue weighted by atomic mass is 10.0. The lowest BCUT2D eigenvalue weighted by Crippen LogP contribution is -2.24. The van der Waals surface area contributed by atoms with E-state index in [9.17, 15) is 10.1 Å². The average molecular weight is 317 g/mol. The average Bonchev–Trinajstić information content (AvgIpc) is 3.23. The molecule has 4 rings (SSSR count). The molecule has 0 atom stereocenters. The molecule has 1 amide bonds. The maximum Gasteiger partial charge on any atom is 0.260 e. The van der Waals surface area contributed by atoms with Gasteiger partial charge in [0.25, 0.3) is 5.91 Å². The summed E-state index contributed by atoms with van der Waals surface area (Å²) in [6, 6.07) is 15.8. The van der Waals surface area contributed by atoms with Crippen molar-refractivity contribution in [3.05, 3.63) is 64.7 Å². The van der Waals surface area contributed by atoms with Crippen LogP contribution in [0, 0.1) is 11.3 Å². The minimum atomic E-state index is -0.0690. The molecule has 120 valence electrons. The minimum absolute atomic E-state index is 0.0690. The van der Waals surface area contributed by atoms with Gasteiger partial charge in [-0.3, -0.25) is 9.69 Å². The number of carbonyl (C=O) groups excluding carboxylic acids is 1. The maximum absolute atomic E-state index is 12.8. The fourth-order valence-electron chi connectivity index (χ4n) is 3.68. The Hall–Kier alpha value is -2.64. The number of benzene rings is 2. The highest BCUT2D eigenvalue weighted by atomic mass is 16.2. The monoisotopic (exact) mass is 317 g/mol. The van der Waals surface area contributed by atoms with Crippen LogP contribution in [0.3, 0.4) is 0 Å². The summed E-state index contributed by atoms with van der Waals surface area (Å²) in [6.07, 6.45) is 2.55. The highest BCUT2D eigenvalue weighted by Gasteiger charge is 2.31. The van der Waals surface area contributed by atoms with Gasteiger partial charge < -0.3 is 4.90 Å². The third kappa shape index (κ3) is 2.57. The van der Waals surface area contributed by atoms with E-state index < -0.39 is 0 Å². The van der Waals surface area contributed by atoms with E-state index in [0.29, 0.717) is 17.7 Å². The fourth-order valence-corrected chi connectivity index (χ4v) is 3.68. The largest absolute Gasteiger partial charge is 0.304 e. The van der Waals surface area contributed by atoms with Crippen LogP contribution >= 0.6 is 0 Å². The van der Waals surface area contributed by atoms with Gasteiger partial charge in [-0.1, -0.05) is 24.3 Å². The van der Waals surface area contributed by atoms with Crippen LogP contribution in [0.1, 0.15) is 39.9 Å². The Labute approximate surface area is 141 Å². The molecular weight excluding hydrogens is 298 g/mol. The van der Waals surface area contributed by atoms with E-state index in [1.165, 1.54) is 18.4 Å². The van der Waals surface area contributed by atoms with Crippen LogP contribution in [0.25, 0.3) is 0 Å². The van der Waals surface area contributed by atoms with Gasteiger partial charge in [-0.15, -0.1) is 0 Å². The molecule has 2 aromatic carbocycles.